The van der Waals surface area contributed by atoms with Gasteiger partial charge in [-0.25, -0.2) is 4.79 Å². The maximum atomic E-state index is 12.3. The maximum absolute atomic E-state index is 12.3. The molecular formula is C21H22N4O4. The summed E-state index contributed by atoms with van der Waals surface area (Å²) >= 11 is 0. The van der Waals surface area contributed by atoms with Crippen LogP contribution in [0.3, 0.4) is 0 Å². The van der Waals surface area contributed by atoms with Crippen molar-refractivity contribution in [3.05, 3.63) is 29.6 Å². The van der Waals surface area contributed by atoms with Gasteiger partial charge in [0.15, 0.2) is 5.65 Å². The summed E-state index contributed by atoms with van der Waals surface area (Å²) in [4.78, 5) is 28.2. The number of hydrogen-bond acceptors (Lipinski definition) is 5. The number of carboxylic acids is 1. The topological polar surface area (TPSA) is 117 Å². The molecule has 0 saturated heterocycles. The number of aromatic nitrogens is 2. The van der Waals surface area contributed by atoms with Gasteiger partial charge in [0.1, 0.15) is 23.4 Å². The number of imidazole rings is 1. The third kappa shape index (κ3) is 4.24. The molecule has 2 N–H and O–H groups in total. The van der Waals surface area contributed by atoms with Gasteiger partial charge in [-0.1, -0.05) is 0 Å². The van der Waals surface area contributed by atoms with Crippen LogP contribution in [0.2, 0.25) is 0 Å². The summed E-state index contributed by atoms with van der Waals surface area (Å²) in [6, 6.07) is 5.19. The van der Waals surface area contributed by atoms with Gasteiger partial charge in [-0.2, -0.15) is 10.2 Å². The van der Waals surface area contributed by atoms with Crippen LogP contribution in [0.4, 0.5) is 5.69 Å². The number of carbonyl (C=O) groups is 2. The highest BCUT2D eigenvalue weighted by Gasteiger charge is 2.26. The summed E-state index contributed by atoms with van der Waals surface area (Å²) in [6.07, 6.45) is 9.61. The number of rotatable bonds is 7. The average Bonchev–Trinajstić information content (AvgIpc) is 3.22. The zero-order valence-corrected chi connectivity index (χ0v) is 15.9. The number of nitrogens with zero attached hydrogens (tertiary/aromatic N) is 3. The minimum atomic E-state index is -1.32. The molecule has 2 aromatic heterocycles. The van der Waals surface area contributed by atoms with Crippen molar-refractivity contribution in [1.82, 2.24) is 9.38 Å². The normalized spacial score (nSPS) is 17.3. The first-order valence-electron chi connectivity index (χ1n) is 9.88. The van der Waals surface area contributed by atoms with Crippen molar-refractivity contribution in [3.63, 3.8) is 0 Å². The van der Waals surface area contributed by atoms with E-state index in [1.165, 1.54) is 6.08 Å². The highest BCUT2D eigenvalue weighted by atomic mass is 16.5. The van der Waals surface area contributed by atoms with Gasteiger partial charge < -0.3 is 15.2 Å². The number of ether oxygens (including phenoxy) is 1. The predicted octanol–water partition coefficient (Wildman–Crippen LogP) is 3.39. The molecular weight excluding hydrogens is 372 g/mol. The lowest BCUT2D eigenvalue weighted by Gasteiger charge is -2.11. The number of nitrogens with one attached hydrogen (secondary N) is 1. The molecule has 2 fully saturated rings. The number of fused-ring (bicyclic) bond motifs is 1. The summed E-state index contributed by atoms with van der Waals surface area (Å²) in [7, 11) is 0. The lowest BCUT2D eigenvalue weighted by atomic mass is 10.2. The van der Waals surface area contributed by atoms with E-state index < -0.39 is 11.5 Å². The van der Waals surface area contributed by atoms with Crippen LogP contribution in [0.1, 0.15) is 50.6 Å². The van der Waals surface area contributed by atoms with Crippen LogP contribution in [-0.2, 0) is 9.59 Å². The quantitative estimate of drug-likeness (QED) is 0.549. The number of aliphatic carboxylic acids is 1. The van der Waals surface area contributed by atoms with Crippen molar-refractivity contribution in [3.8, 4) is 11.9 Å². The van der Waals surface area contributed by atoms with E-state index in [9.17, 15) is 20.0 Å². The van der Waals surface area contributed by atoms with Crippen molar-refractivity contribution in [2.75, 3.05) is 5.32 Å². The molecule has 2 saturated carbocycles. The Balaban J connectivity index is 1.74. The first-order chi connectivity index (χ1) is 14.0. The van der Waals surface area contributed by atoms with Gasteiger partial charge in [-0.15, -0.1) is 0 Å². The average molecular weight is 394 g/mol. The van der Waals surface area contributed by atoms with E-state index in [1.807, 2.05) is 0 Å². The maximum Gasteiger partial charge on any atom is 0.346 e. The molecule has 8 nitrogen and oxygen atoms in total. The molecule has 150 valence electrons. The van der Waals surface area contributed by atoms with E-state index >= 15 is 0 Å². The van der Waals surface area contributed by atoms with E-state index in [1.54, 1.807) is 28.8 Å². The van der Waals surface area contributed by atoms with Crippen LogP contribution < -0.4 is 10.1 Å². The minimum Gasteiger partial charge on any atom is -0.477 e. The highest BCUT2D eigenvalue weighted by Crippen LogP contribution is 2.34. The van der Waals surface area contributed by atoms with E-state index in [4.69, 9.17) is 4.74 Å². The molecule has 0 spiro atoms. The number of carboxylic acid groups (broad SMARTS) is 1. The van der Waals surface area contributed by atoms with E-state index in [0.717, 1.165) is 38.5 Å². The van der Waals surface area contributed by atoms with Gasteiger partial charge in [-0.05, 0) is 62.7 Å². The summed E-state index contributed by atoms with van der Waals surface area (Å²) in [5, 5.41) is 21.3. The van der Waals surface area contributed by atoms with Crippen LogP contribution in [0, 0.1) is 17.2 Å². The first-order valence-corrected chi connectivity index (χ1v) is 9.88. The highest BCUT2D eigenvalue weighted by molar-refractivity contribution is 5.97. The molecule has 0 bridgehead atoms. The second-order valence-corrected chi connectivity index (χ2v) is 7.61. The van der Waals surface area contributed by atoms with E-state index in [0.29, 0.717) is 29.4 Å². The van der Waals surface area contributed by atoms with E-state index in [2.05, 4.69) is 10.3 Å². The van der Waals surface area contributed by atoms with Gasteiger partial charge >= 0.3 is 5.97 Å². The summed E-state index contributed by atoms with van der Waals surface area (Å²) in [5.41, 5.74) is 0.955. The van der Waals surface area contributed by atoms with Crippen LogP contribution in [0.5, 0.6) is 5.88 Å². The Morgan fingerprint density at radius 1 is 1.34 bits per heavy atom. The SMILES string of the molecule is N#CC(=Cc1c(OC2CCCC2)nc2c(NC(=O)CC3CC3)cccn12)C(=O)O. The molecule has 0 unspecified atom stereocenters. The van der Waals surface area contributed by atoms with Crippen molar-refractivity contribution in [2.24, 2.45) is 5.92 Å². The molecule has 1 amide bonds. The number of anilines is 1. The number of hydrogen-bond donors (Lipinski definition) is 2. The number of nitriles is 1. The molecule has 4 rings (SSSR count). The summed E-state index contributed by atoms with van der Waals surface area (Å²) in [5.74, 6) is -0.650. The number of carbonyl (C=O) groups excluding carboxylic acids is 1. The summed E-state index contributed by atoms with van der Waals surface area (Å²) in [6.45, 7) is 0. The van der Waals surface area contributed by atoms with E-state index in [-0.39, 0.29) is 17.9 Å². The van der Waals surface area contributed by atoms with Gasteiger partial charge in [0.25, 0.3) is 0 Å². The fourth-order valence-electron chi connectivity index (χ4n) is 3.61. The van der Waals surface area contributed by atoms with Gasteiger partial charge in [0.2, 0.25) is 11.8 Å². The molecule has 2 heterocycles. The Bertz CT molecular complexity index is 1020. The fourth-order valence-corrected chi connectivity index (χ4v) is 3.61. The molecule has 8 heteroatoms. The lowest BCUT2D eigenvalue weighted by Crippen LogP contribution is -2.12. The third-order valence-electron chi connectivity index (χ3n) is 5.31. The van der Waals surface area contributed by atoms with Gasteiger partial charge in [0, 0.05) is 12.6 Å². The number of pyridine rings is 1. The molecule has 0 aliphatic heterocycles. The Morgan fingerprint density at radius 3 is 2.76 bits per heavy atom. The monoisotopic (exact) mass is 394 g/mol. The standard InChI is InChI=1S/C21H22N4O4/c22-12-14(21(27)28)11-17-20(29-15-4-1-2-5-15)24-19-16(6-3-9-25(17)19)23-18(26)10-13-7-8-13/h3,6,9,11,13,15H,1-2,4-5,7-8,10H2,(H,23,26)(H,27,28). The second-order valence-electron chi connectivity index (χ2n) is 7.61. The predicted molar refractivity (Wildman–Crippen MR) is 105 cm³/mol. The van der Waals surface area contributed by atoms with Crippen molar-refractivity contribution >= 4 is 29.3 Å². The largest absolute Gasteiger partial charge is 0.477 e. The Labute approximate surface area is 167 Å². The summed E-state index contributed by atoms with van der Waals surface area (Å²) < 4.78 is 7.71. The Morgan fingerprint density at radius 2 is 2.10 bits per heavy atom. The Kier molecular flexibility index (Phi) is 5.21. The zero-order chi connectivity index (χ0) is 20.4. The van der Waals surface area contributed by atoms with Gasteiger partial charge in [-0.3, -0.25) is 9.20 Å². The molecule has 29 heavy (non-hydrogen) atoms. The Hall–Kier alpha value is -3.34. The van der Waals surface area contributed by atoms with Crippen LogP contribution in [0.15, 0.2) is 23.9 Å². The second kappa shape index (κ2) is 7.95. The van der Waals surface area contributed by atoms with Crippen molar-refractivity contribution in [1.29, 1.82) is 5.26 Å². The van der Waals surface area contributed by atoms with Crippen molar-refractivity contribution < 1.29 is 19.4 Å². The van der Waals surface area contributed by atoms with Crippen LogP contribution in [0.25, 0.3) is 11.7 Å². The van der Waals surface area contributed by atoms with Crippen LogP contribution >= 0.6 is 0 Å². The smallest absolute Gasteiger partial charge is 0.346 e. The van der Waals surface area contributed by atoms with Crippen LogP contribution in [-0.4, -0.2) is 32.5 Å². The van der Waals surface area contributed by atoms with Crippen molar-refractivity contribution in [2.45, 2.75) is 51.0 Å². The molecule has 2 aliphatic rings. The zero-order valence-electron chi connectivity index (χ0n) is 15.9. The first kappa shape index (κ1) is 19.0. The minimum absolute atomic E-state index is 0.00957. The lowest BCUT2D eigenvalue weighted by molar-refractivity contribution is -0.132. The molecule has 2 aromatic rings. The molecule has 0 aromatic carbocycles. The molecule has 0 atom stereocenters. The fraction of sp³-hybridized carbons (Fsp3) is 0.429. The number of amides is 1. The third-order valence-corrected chi connectivity index (χ3v) is 5.31. The molecule has 0 radical (unpaired) electrons. The van der Waals surface area contributed by atoms with Gasteiger partial charge in [0.05, 0.1) is 5.69 Å². The molecule has 2 aliphatic carbocycles.